The van der Waals surface area contributed by atoms with Gasteiger partial charge in [-0.2, -0.15) is 0 Å². The zero-order valence-electron chi connectivity index (χ0n) is 11.2. The number of nitrogens with one attached hydrogen (secondary N) is 1. The number of carbonyl (C=O) groups is 1. The summed E-state index contributed by atoms with van der Waals surface area (Å²) in [6.07, 6.45) is 1.000. The molecular formula is C11H24N4O4. The average Bonchev–Trinajstić information content (AvgIpc) is 2.40. The molecule has 0 amide bonds. The van der Waals surface area contributed by atoms with Crippen LogP contribution >= 0.6 is 0 Å². The standard InChI is InChI=1S/C11H24N4O4/c1-13-11(12)15(6-8-17)5-2-3-9(10(18)19)14-4-7-16/h9,14,16-17H,2-8H2,1H3,(H2,12,13)(H,18,19). The van der Waals surface area contributed by atoms with Gasteiger partial charge in [0.05, 0.1) is 13.2 Å². The minimum absolute atomic E-state index is 0.0403. The molecule has 0 aromatic carbocycles. The number of carboxylic acid groups (broad SMARTS) is 1. The molecule has 112 valence electrons. The summed E-state index contributed by atoms with van der Waals surface area (Å²) < 4.78 is 0. The molecule has 19 heavy (non-hydrogen) atoms. The van der Waals surface area contributed by atoms with Crippen LogP contribution in [0.4, 0.5) is 0 Å². The highest BCUT2D eigenvalue weighted by Gasteiger charge is 2.16. The molecule has 0 aliphatic carbocycles. The number of hydrogen-bond acceptors (Lipinski definition) is 5. The molecule has 0 bridgehead atoms. The minimum Gasteiger partial charge on any atom is -0.480 e. The second-order valence-corrected chi connectivity index (χ2v) is 4.00. The van der Waals surface area contributed by atoms with E-state index >= 15 is 0 Å². The number of nitrogens with two attached hydrogens (primary N) is 1. The first-order valence-corrected chi connectivity index (χ1v) is 6.21. The van der Waals surface area contributed by atoms with Gasteiger partial charge in [0.25, 0.3) is 0 Å². The van der Waals surface area contributed by atoms with E-state index in [1.807, 2.05) is 0 Å². The third-order valence-corrected chi connectivity index (χ3v) is 2.64. The maximum Gasteiger partial charge on any atom is 0.320 e. The van der Waals surface area contributed by atoms with Crippen LogP contribution in [0.3, 0.4) is 0 Å². The minimum atomic E-state index is -0.945. The van der Waals surface area contributed by atoms with Gasteiger partial charge >= 0.3 is 5.97 Å². The Balaban J connectivity index is 4.16. The Morgan fingerprint density at radius 2 is 2.05 bits per heavy atom. The van der Waals surface area contributed by atoms with Crippen LogP contribution in [0.1, 0.15) is 12.8 Å². The third-order valence-electron chi connectivity index (χ3n) is 2.64. The Kier molecular flexibility index (Phi) is 9.77. The Morgan fingerprint density at radius 1 is 1.37 bits per heavy atom. The van der Waals surface area contributed by atoms with Crippen molar-refractivity contribution in [3.63, 3.8) is 0 Å². The third kappa shape index (κ3) is 7.60. The molecule has 0 heterocycles. The first-order chi connectivity index (χ1) is 9.06. The Morgan fingerprint density at radius 3 is 2.53 bits per heavy atom. The zero-order valence-corrected chi connectivity index (χ0v) is 11.2. The van der Waals surface area contributed by atoms with E-state index in [1.54, 1.807) is 11.9 Å². The van der Waals surface area contributed by atoms with Gasteiger partial charge in [-0.1, -0.05) is 0 Å². The van der Waals surface area contributed by atoms with Crippen molar-refractivity contribution in [3.05, 3.63) is 0 Å². The molecule has 6 N–H and O–H groups in total. The Labute approximate surface area is 112 Å². The van der Waals surface area contributed by atoms with Gasteiger partial charge in [0, 0.05) is 26.7 Å². The van der Waals surface area contributed by atoms with E-state index in [-0.39, 0.29) is 19.8 Å². The number of aliphatic hydroxyl groups is 2. The monoisotopic (exact) mass is 276 g/mol. The van der Waals surface area contributed by atoms with Crippen LogP contribution in [0.2, 0.25) is 0 Å². The summed E-state index contributed by atoms with van der Waals surface area (Å²) >= 11 is 0. The van der Waals surface area contributed by atoms with Gasteiger partial charge < -0.3 is 31.3 Å². The van der Waals surface area contributed by atoms with Crippen molar-refractivity contribution in [1.29, 1.82) is 0 Å². The molecular weight excluding hydrogens is 252 g/mol. The molecule has 1 unspecified atom stereocenters. The van der Waals surface area contributed by atoms with Crippen LogP contribution in [-0.4, -0.2) is 78.1 Å². The first-order valence-electron chi connectivity index (χ1n) is 6.21. The van der Waals surface area contributed by atoms with Crippen molar-refractivity contribution in [2.75, 3.05) is 39.9 Å². The van der Waals surface area contributed by atoms with Crippen molar-refractivity contribution in [2.24, 2.45) is 10.7 Å². The van der Waals surface area contributed by atoms with Gasteiger partial charge in [0.2, 0.25) is 0 Å². The lowest BCUT2D eigenvalue weighted by Gasteiger charge is -2.23. The fraction of sp³-hybridized carbons (Fsp3) is 0.818. The van der Waals surface area contributed by atoms with Crippen molar-refractivity contribution in [3.8, 4) is 0 Å². The van der Waals surface area contributed by atoms with Gasteiger partial charge in [0.1, 0.15) is 6.04 Å². The van der Waals surface area contributed by atoms with Gasteiger partial charge in [-0.25, -0.2) is 0 Å². The van der Waals surface area contributed by atoms with E-state index in [0.717, 1.165) is 0 Å². The number of carboxylic acids is 1. The lowest BCUT2D eigenvalue weighted by molar-refractivity contribution is -0.139. The lowest BCUT2D eigenvalue weighted by Crippen LogP contribution is -2.42. The highest BCUT2D eigenvalue weighted by Crippen LogP contribution is 2.01. The molecule has 0 aliphatic heterocycles. The van der Waals surface area contributed by atoms with E-state index in [2.05, 4.69) is 10.3 Å². The van der Waals surface area contributed by atoms with Crippen LogP contribution in [0.5, 0.6) is 0 Å². The number of aliphatic hydroxyl groups excluding tert-OH is 2. The maximum atomic E-state index is 11.0. The molecule has 0 rings (SSSR count). The van der Waals surface area contributed by atoms with Gasteiger partial charge in [-0.05, 0) is 12.8 Å². The molecule has 0 aliphatic rings. The number of guanidine groups is 1. The molecule has 1 atom stereocenters. The van der Waals surface area contributed by atoms with Crippen LogP contribution in [0, 0.1) is 0 Å². The van der Waals surface area contributed by atoms with E-state index in [0.29, 0.717) is 31.9 Å². The zero-order chi connectivity index (χ0) is 14.7. The molecule has 8 nitrogen and oxygen atoms in total. The summed E-state index contributed by atoms with van der Waals surface area (Å²) in [4.78, 5) is 16.5. The molecule has 0 radical (unpaired) electrons. The van der Waals surface area contributed by atoms with Crippen molar-refractivity contribution in [1.82, 2.24) is 10.2 Å². The number of aliphatic imine (C=N–C) groups is 1. The van der Waals surface area contributed by atoms with Crippen molar-refractivity contribution >= 4 is 11.9 Å². The fourth-order valence-corrected chi connectivity index (χ4v) is 1.64. The van der Waals surface area contributed by atoms with Gasteiger partial charge in [0.15, 0.2) is 5.96 Å². The van der Waals surface area contributed by atoms with Gasteiger partial charge in [-0.3, -0.25) is 9.79 Å². The summed E-state index contributed by atoms with van der Waals surface area (Å²) in [5.74, 6) is -0.622. The maximum absolute atomic E-state index is 11.0. The molecule has 0 saturated carbocycles. The molecule has 0 aromatic rings. The molecule has 8 heteroatoms. The van der Waals surface area contributed by atoms with Crippen molar-refractivity contribution in [2.45, 2.75) is 18.9 Å². The average molecular weight is 276 g/mol. The lowest BCUT2D eigenvalue weighted by atomic mass is 10.1. The predicted octanol–water partition coefficient (Wildman–Crippen LogP) is -1.96. The van der Waals surface area contributed by atoms with Crippen LogP contribution in [0.15, 0.2) is 4.99 Å². The van der Waals surface area contributed by atoms with Crippen LogP contribution < -0.4 is 11.1 Å². The predicted molar refractivity (Wildman–Crippen MR) is 72.0 cm³/mol. The summed E-state index contributed by atoms with van der Waals surface area (Å²) in [7, 11) is 1.56. The normalized spacial score (nSPS) is 13.3. The number of nitrogens with zero attached hydrogens (tertiary/aromatic N) is 2. The number of aliphatic carboxylic acids is 1. The van der Waals surface area contributed by atoms with E-state index in [9.17, 15) is 4.79 Å². The van der Waals surface area contributed by atoms with Gasteiger partial charge in [-0.15, -0.1) is 0 Å². The van der Waals surface area contributed by atoms with E-state index < -0.39 is 12.0 Å². The smallest absolute Gasteiger partial charge is 0.320 e. The SMILES string of the molecule is CN=C(N)N(CCO)CCCC(NCCO)C(=O)O. The summed E-state index contributed by atoms with van der Waals surface area (Å²) in [6, 6.07) is -0.692. The molecule has 0 saturated heterocycles. The number of rotatable bonds is 10. The Bertz CT molecular complexity index is 286. The summed E-state index contributed by atoms with van der Waals surface area (Å²) in [5, 5.41) is 29.3. The largest absolute Gasteiger partial charge is 0.480 e. The fourth-order valence-electron chi connectivity index (χ4n) is 1.64. The molecule has 0 spiro atoms. The molecule has 0 fully saturated rings. The first kappa shape index (κ1) is 17.6. The summed E-state index contributed by atoms with van der Waals surface area (Å²) in [5.41, 5.74) is 5.66. The quantitative estimate of drug-likeness (QED) is 0.231. The van der Waals surface area contributed by atoms with E-state index in [1.165, 1.54) is 0 Å². The highest BCUT2D eigenvalue weighted by atomic mass is 16.4. The topological polar surface area (TPSA) is 131 Å². The van der Waals surface area contributed by atoms with Crippen LogP contribution in [-0.2, 0) is 4.79 Å². The second kappa shape index (κ2) is 10.5. The summed E-state index contributed by atoms with van der Waals surface area (Å²) in [6.45, 7) is 0.992. The van der Waals surface area contributed by atoms with E-state index in [4.69, 9.17) is 21.1 Å². The highest BCUT2D eigenvalue weighted by molar-refractivity contribution is 5.77. The van der Waals surface area contributed by atoms with Crippen LogP contribution in [0.25, 0.3) is 0 Å². The van der Waals surface area contributed by atoms with Crippen molar-refractivity contribution < 1.29 is 20.1 Å². The second-order valence-electron chi connectivity index (χ2n) is 4.00. The number of hydrogen-bond donors (Lipinski definition) is 5. The molecule has 0 aromatic heterocycles. The Hall–Kier alpha value is -1.38.